The van der Waals surface area contributed by atoms with E-state index < -0.39 is 0 Å². The van der Waals surface area contributed by atoms with Gasteiger partial charge in [0.1, 0.15) is 0 Å². The van der Waals surface area contributed by atoms with Crippen molar-refractivity contribution in [2.45, 2.75) is 26.8 Å². The zero-order valence-electron chi connectivity index (χ0n) is 17.0. The fraction of sp³-hybridized carbons (Fsp3) is 0.182. The van der Waals surface area contributed by atoms with Crippen molar-refractivity contribution < 1.29 is 4.79 Å². The summed E-state index contributed by atoms with van der Waals surface area (Å²) in [4.78, 5) is 41.0. The molecule has 4 rings (SSSR count). The number of aryl methyl sites for hydroxylation is 2. The summed E-state index contributed by atoms with van der Waals surface area (Å²) < 4.78 is 3.06. The predicted octanol–water partition coefficient (Wildman–Crippen LogP) is 2.68. The van der Waals surface area contributed by atoms with Gasteiger partial charge in [-0.1, -0.05) is 29.8 Å². The fourth-order valence-electron chi connectivity index (χ4n) is 3.52. The topological polar surface area (TPSA) is 101 Å². The number of carbonyl (C=O) groups is 1. The van der Waals surface area contributed by atoms with Crippen LogP contribution < -0.4 is 16.4 Å². The molecular weight excluding hydrogens is 418 g/mol. The molecule has 0 aliphatic carbocycles. The number of hydrogen-bond donors (Lipinski definition) is 2. The number of hydrogen-bond acceptors (Lipinski definition) is 4. The number of carbonyl (C=O) groups excluding carboxylic acids is 1. The molecule has 0 fully saturated rings. The largest absolute Gasteiger partial charge is 0.324 e. The molecule has 0 saturated carbocycles. The number of aromatic amines is 1. The van der Waals surface area contributed by atoms with E-state index in [0.717, 1.165) is 16.8 Å². The van der Waals surface area contributed by atoms with Gasteiger partial charge in [-0.25, -0.2) is 9.50 Å². The third-order valence-corrected chi connectivity index (χ3v) is 5.47. The number of amides is 1. The van der Waals surface area contributed by atoms with Crippen molar-refractivity contribution in [3.63, 3.8) is 0 Å². The third kappa shape index (κ3) is 4.29. The van der Waals surface area contributed by atoms with Gasteiger partial charge in [-0.3, -0.25) is 19.5 Å². The highest BCUT2D eigenvalue weighted by Crippen LogP contribution is 2.17. The lowest BCUT2D eigenvalue weighted by molar-refractivity contribution is -0.115. The van der Waals surface area contributed by atoms with Crippen molar-refractivity contribution >= 4 is 28.8 Å². The summed E-state index contributed by atoms with van der Waals surface area (Å²) in [5.41, 5.74) is 3.50. The summed E-state index contributed by atoms with van der Waals surface area (Å²) in [7, 11) is 0. The van der Waals surface area contributed by atoms with Gasteiger partial charge in [-0.05, 0) is 31.5 Å². The number of anilines is 1. The SMILES string of the molecule is Cc1nc2cc(=O)[nH]n2c(C)c1CC(=O)Nc1ccc(=O)n(Cc2ccccc2Cl)c1. The Morgan fingerprint density at radius 2 is 1.94 bits per heavy atom. The van der Waals surface area contributed by atoms with Crippen LogP contribution in [0.1, 0.15) is 22.5 Å². The maximum atomic E-state index is 12.7. The number of benzene rings is 1. The summed E-state index contributed by atoms with van der Waals surface area (Å²) in [6, 6.07) is 11.7. The molecule has 1 aromatic carbocycles. The average molecular weight is 438 g/mol. The van der Waals surface area contributed by atoms with Gasteiger partial charge in [0, 0.05) is 40.3 Å². The second-order valence-electron chi connectivity index (χ2n) is 7.28. The van der Waals surface area contributed by atoms with Crippen LogP contribution >= 0.6 is 11.6 Å². The molecule has 2 N–H and O–H groups in total. The average Bonchev–Trinajstić information content (AvgIpc) is 3.09. The van der Waals surface area contributed by atoms with Gasteiger partial charge in [0.15, 0.2) is 5.65 Å². The van der Waals surface area contributed by atoms with Crippen LogP contribution in [0.2, 0.25) is 5.02 Å². The molecule has 158 valence electrons. The van der Waals surface area contributed by atoms with E-state index in [1.165, 1.54) is 16.7 Å². The van der Waals surface area contributed by atoms with Gasteiger partial charge in [0.05, 0.1) is 18.7 Å². The standard InChI is InChI=1S/C22H20ClN5O3/c1-13-17(14(2)28-19(24-13)10-21(30)26-28)9-20(29)25-16-7-8-22(31)27(12-16)11-15-5-3-4-6-18(15)23/h3-8,10,12H,9,11H2,1-2H3,(H,25,29)(H,26,30). The maximum Gasteiger partial charge on any atom is 0.266 e. The zero-order valence-corrected chi connectivity index (χ0v) is 17.7. The van der Waals surface area contributed by atoms with Gasteiger partial charge < -0.3 is 9.88 Å². The maximum absolute atomic E-state index is 12.7. The molecule has 0 unspecified atom stereocenters. The molecule has 0 atom stereocenters. The summed E-state index contributed by atoms with van der Waals surface area (Å²) in [5, 5.41) is 6.07. The van der Waals surface area contributed by atoms with Crippen molar-refractivity contribution in [3.8, 4) is 0 Å². The van der Waals surface area contributed by atoms with E-state index in [9.17, 15) is 14.4 Å². The van der Waals surface area contributed by atoms with Gasteiger partial charge >= 0.3 is 0 Å². The second kappa shape index (κ2) is 8.23. The minimum Gasteiger partial charge on any atom is -0.324 e. The molecule has 0 aliphatic heterocycles. The first-order valence-corrected chi connectivity index (χ1v) is 10.0. The number of H-pyrrole nitrogens is 1. The molecule has 0 radical (unpaired) electrons. The van der Waals surface area contributed by atoms with Crippen LogP contribution in [0.4, 0.5) is 5.69 Å². The van der Waals surface area contributed by atoms with E-state index in [-0.39, 0.29) is 23.4 Å². The Labute approximate surface area is 182 Å². The van der Waals surface area contributed by atoms with Crippen LogP contribution in [0.25, 0.3) is 5.65 Å². The Kier molecular flexibility index (Phi) is 5.48. The fourth-order valence-corrected chi connectivity index (χ4v) is 3.71. The number of aromatic nitrogens is 4. The van der Waals surface area contributed by atoms with Crippen molar-refractivity contribution in [2.24, 2.45) is 0 Å². The Morgan fingerprint density at radius 1 is 1.16 bits per heavy atom. The lowest BCUT2D eigenvalue weighted by atomic mass is 10.1. The van der Waals surface area contributed by atoms with Crippen LogP contribution in [0.3, 0.4) is 0 Å². The molecule has 3 heterocycles. The highest BCUT2D eigenvalue weighted by molar-refractivity contribution is 6.31. The van der Waals surface area contributed by atoms with Crippen LogP contribution in [0, 0.1) is 13.8 Å². The highest BCUT2D eigenvalue weighted by Gasteiger charge is 2.15. The van der Waals surface area contributed by atoms with E-state index in [1.54, 1.807) is 29.8 Å². The van der Waals surface area contributed by atoms with E-state index in [1.807, 2.05) is 25.1 Å². The number of nitrogens with zero attached hydrogens (tertiary/aromatic N) is 3. The minimum absolute atomic E-state index is 0.0739. The molecule has 1 amide bonds. The molecule has 9 heteroatoms. The predicted molar refractivity (Wildman–Crippen MR) is 119 cm³/mol. The van der Waals surface area contributed by atoms with Gasteiger partial charge in [0.25, 0.3) is 11.1 Å². The van der Waals surface area contributed by atoms with E-state index >= 15 is 0 Å². The number of pyridine rings is 1. The van der Waals surface area contributed by atoms with Crippen molar-refractivity contribution in [3.05, 3.63) is 96.9 Å². The number of rotatable bonds is 5. The van der Waals surface area contributed by atoms with E-state index in [0.29, 0.717) is 28.6 Å². The lowest BCUT2D eigenvalue weighted by Crippen LogP contribution is -2.22. The number of fused-ring (bicyclic) bond motifs is 1. The molecule has 0 saturated heterocycles. The normalized spacial score (nSPS) is 11.1. The summed E-state index contributed by atoms with van der Waals surface area (Å²) in [6.07, 6.45) is 1.67. The first-order chi connectivity index (χ1) is 14.8. The Bertz CT molecular complexity index is 1420. The molecule has 4 aromatic rings. The summed E-state index contributed by atoms with van der Waals surface area (Å²) in [5.74, 6) is -0.259. The number of nitrogens with one attached hydrogen (secondary N) is 2. The quantitative estimate of drug-likeness (QED) is 0.501. The van der Waals surface area contributed by atoms with Gasteiger partial charge in [0.2, 0.25) is 5.91 Å². The molecule has 8 nitrogen and oxygen atoms in total. The van der Waals surface area contributed by atoms with Gasteiger partial charge in [-0.15, -0.1) is 0 Å². The zero-order chi connectivity index (χ0) is 22.1. The van der Waals surface area contributed by atoms with Crippen molar-refractivity contribution in [1.29, 1.82) is 0 Å². The lowest BCUT2D eigenvalue weighted by Gasteiger charge is -2.13. The van der Waals surface area contributed by atoms with Gasteiger partial charge in [-0.2, -0.15) is 0 Å². The van der Waals surface area contributed by atoms with Crippen LogP contribution in [-0.4, -0.2) is 25.1 Å². The third-order valence-electron chi connectivity index (χ3n) is 5.11. The van der Waals surface area contributed by atoms with Crippen molar-refractivity contribution in [2.75, 3.05) is 5.32 Å². The summed E-state index contributed by atoms with van der Waals surface area (Å²) in [6.45, 7) is 3.92. The Hall–Kier alpha value is -3.65. The summed E-state index contributed by atoms with van der Waals surface area (Å²) >= 11 is 6.20. The van der Waals surface area contributed by atoms with Crippen LogP contribution in [0.5, 0.6) is 0 Å². The number of halogens is 1. The smallest absolute Gasteiger partial charge is 0.266 e. The van der Waals surface area contributed by atoms with Crippen molar-refractivity contribution in [1.82, 2.24) is 19.2 Å². The minimum atomic E-state index is -0.259. The van der Waals surface area contributed by atoms with Crippen LogP contribution in [0.15, 0.2) is 58.3 Å². The first kappa shape index (κ1) is 20.6. The highest BCUT2D eigenvalue weighted by atomic mass is 35.5. The van der Waals surface area contributed by atoms with E-state index in [2.05, 4.69) is 15.4 Å². The molecule has 0 aliphatic rings. The Balaban J connectivity index is 1.56. The molecule has 0 bridgehead atoms. The first-order valence-electron chi connectivity index (χ1n) is 9.63. The van der Waals surface area contributed by atoms with E-state index in [4.69, 9.17) is 11.6 Å². The monoisotopic (exact) mass is 437 g/mol. The molecule has 3 aromatic heterocycles. The Morgan fingerprint density at radius 3 is 2.71 bits per heavy atom. The molecule has 0 spiro atoms. The molecular formula is C22H20ClN5O3. The van der Waals surface area contributed by atoms with Crippen LogP contribution in [-0.2, 0) is 17.8 Å². The molecule has 31 heavy (non-hydrogen) atoms. The second-order valence-corrected chi connectivity index (χ2v) is 7.68.